The molecule has 1 saturated heterocycles. The highest BCUT2D eigenvalue weighted by atomic mass is 79.9. The van der Waals surface area contributed by atoms with Gasteiger partial charge in [-0.05, 0) is 28.4 Å². The van der Waals surface area contributed by atoms with Crippen molar-refractivity contribution in [2.24, 2.45) is 7.05 Å². The van der Waals surface area contributed by atoms with E-state index < -0.39 is 0 Å². The predicted octanol–water partition coefficient (Wildman–Crippen LogP) is 1.65. The summed E-state index contributed by atoms with van der Waals surface area (Å²) < 4.78 is 8.05. The lowest BCUT2D eigenvalue weighted by Crippen LogP contribution is -2.38. The van der Waals surface area contributed by atoms with E-state index in [1.54, 1.807) is 4.90 Å². The van der Waals surface area contributed by atoms with Crippen LogP contribution in [0.25, 0.3) is 0 Å². The topological polar surface area (TPSA) is 34.5 Å². The minimum atomic E-state index is 0.0451. The molecule has 1 atom stereocenters. The smallest absolute Gasteiger partial charge is 0.270 e. The maximum atomic E-state index is 12.2. The largest absolute Gasteiger partial charge is 0.379 e. The molecule has 1 fully saturated rings. The molecule has 1 aromatic heterocycles. The Balaban J connectivity index is 2.14. The van der Waals surface area contributed by atoms with Gasteiger partial charge in [-0.25, -0.2) is 0 Å². The number of likely N-dealkylation sites (N-methyl/N-ethyl adjacent to an activating group) is 1. The lowest BCUT2D eigenvalue weighted by atomic mass is 10.2. The van der Waals surface area contributed by atoms with Gasteiger partial charge in [0.25, 0.3) is 5.91 Å². The standard InChI is InChI=1S/C11H15BrN2O2/c1-13-6-8(12)5-10(13)11(15)14(2)9-3-4-16-7-9/h5-6,9H,3-4,7H2,1-2H3. The molecule has 1 amide bonds. The van der Waals surface area contributed by atoms with Crippen molar-refractivity contribution in [3.05, 3.63) is 22.4 Å². The molecule has 2 rings (SSSR count). The second-order valence-corrected chi connectivity index (χ2v) is 5.00. The van der Waals surface area contributed by atoms with E-state index in [9.17, 15) is 4.79 Å². The third-order valence-corrected chi connectivity index (χ3v) is 3.40. The van der Waals surface area contributed by atoms with Crippen molar-refractivity contribution in [1.29, 1.82) is 0 Å². The number of carbonyl (C=O) groups is 1. The summed E-state index contributed by atoms with van der Waals surface area (Å²) in [5.41, 5.74) is 0.696. The Bertz CT molecular complexity index is 397. The van der Waals surface area contributed by atoms with Crippen LogP contribution in [0.3, 0.4) is 0 Å². The number of hydrogen-bond donors (Lipinski definition) is 0. The van der Waals surface area contributed by atoms with Gasteiger partial charge in [0.15, 0.2) is 0 Å². The Morgan fingerprint density at radius 3 is 2.94 bits per heavy atom. The molecule has 0 aliphatic carbocycles. The number of rotatable bonds is 2. The fraction of sp³-hybridized carbons (Fsp3) is 0.545. The minimum absolute atomic E-state index is 0.0451. The summed E-state index contributed by atoms with van der Waals surface area (Å²) in [5.74, 6) is 0.0451. The summed E-state index contributed by atoms with van der Waals surface area (Å²) in [6.45, 7) is 1.40. The normalized spacial score (nSPS) is 20.1. The highest BCUT2D eigenvalue weighted by Crippen LogP contribution is 2.18. The van der Waals surface area contributed by atoms with Gasteiger partial charge in [-0.1, -0.05) is 0 Å². The predicted molar refractivity (Wildman–Crippen MR) is 64.4 cm³/mol. The zero-order valence-electron chi connectivity index (χ0n) is 9.44. The van der Waals surface area contributed by atoms with E-state index in [-0.39, 0.29) is 11.9 Å². The van der Waals surface area contributed by atoms with Crippen molar-refractivity contribution < 1.29 is 9.53 Å². The Morgan fingerprint density at radius 2 is 2.44 bits per heavy atom. The summed E-state index contributed by atoms with van der Waals surface area (Å²) >= 11 is 3.37. The molecular weight excluding hydrogens is 272 g/mol. The summed E-state index contributed by atoms with van der Waals surface area (Å²) in [5, 5.41) is 0. The molecule has 0 bridgehead atoms. The molecule has 0 saturated carbocycles. The molecule has 88 valence electrons. The van der Waals surface area contributed by atoms with Gasteiger partial charge in [0, 0.05) is 31.4 Å². The van der Waals surface area contributed by atoms with Gasteiger partial charge in [-0.15, -0.1) is 0 Å². The second-order valence-electron chi connectivity index (χ2n) is 4.09. The van der Waals surface area contributed by atoms with Crippen LogP contribution >= 0.6 is 15.9 Å². The molecule has 4 nitrogen and oxygen atoms in total. The average Bonchev–Trinajstić information content (AvgIpc) is 2.85. The van der Waals surface area contributed by atoms with Crippen LogP contribution < -0.4 is 0 Å². The van der Waals surface area contributed by atoms with Gasteiger partial charge < -0.3 is 14.2 Å². The fourth-order valence-electron chi connectivity index (χ4n) is 1.91. The number of ether oxygens (including phenoxy) is 1. The molecule has 5 heteroatoms. The quantitative estimate of drug-likeness (QED) is 0.829. The monoisotopic (exact) mass is 286 g/mol. The Kier molecular flexibility index (Phi) is 3.35. The van der Waals surface area contributed by atoms with E-state index in [2.05, 4.69) is 15.9 Å². The molecule has 1 aliphatic rings. The molecule has 0 N–H and O–H groups in total. The zero-order valence-corrected chi connectivity index (χ0v) is 11.0. The van der Waals surface area contributed by atoms with Crippen LogP contribution in [0.5, 0.6) is 0 Å². The van der Waals surface area contributed by atoms with Crippen LogP contribution in [-0.4, -0.2) is 41.7 Å². The lowest BCUT2D eigenvalue weighted by molar-refractivity contribution is 0.0702. The maximum Gasteiger partial charge on any atom is 0.270 e. The first-order valence-corrected chi connectivity index (χ1v) is 6.05. The van der Waals surface area contributed by atoms with E-state index in [0.717, 1.165) is 17.5 Å². The Labute approximate surface area is 103 Å². The molecule has 16 heavy (non-hydrogen) atoms. The van der Waals surface area contributed by atoms with Crippen molar-refractivity contribution in [3.8, 4) is 0 Å². The number of hydrogen-bond acceptors (Lipinski definition) is 2. The lowest BCUT2D eigenvalue weighted by Gasteiger charge is -2.23. The SMILES string of the molecule is CN(C(=O)c1cc(Br)cn1C)C1CCOC1. The van der Waals surface area contributed by atoms with E-state index in [1.165, 1.54) is 0 Å². The number of aromatic nitrogens is 1. The first-order chi connectivity index (χ1) is 7.59. The zero-order chi connectivity index (χ0) is 11.7. The molecule has 0 spiro atoms. The van der Waals surface area contributed by atoms with E-state index in [0.29, 0.717) is 12.3 Å². The van der Waals surface area contributed by atoms with E-state index in [1.807, 2.05) is 30.9 Å². The highest BCUT2D eigenvalue weighted by molar-refractivity contribution is 9.10. The number of aryl methyl sites for hydroxylation is 1. The van der Waals surface area contributed by atoms with Gasteiger partial charge in [0.2, 0.25) is 0 Å². The van der Waals surface area contributed by atoms with Crippen LogP contribution in [0.1, 0.15) is 16.9 Å². The molecular formula is C11H15BrN2O2. The molecule has 1 unspecified atom stereocenters. The Morgan fingerprint density at radius 1 is 1.69 bits per heavy atom. The molecule has 0 radical (unpaired) electrons. The van der Waals surface area contributed by atoms with Crippen molar-refractivity contribution in [2.75, 3.05) is 20.3 Å². The molecule has 2 heterocycles. The molecule has 0 aromatic carbocycles. The number of carbonyl (C=O) groups excluding carboxylic acids is 1. The van der Waals surface area contributed by atoms with Crippen LogP contribution in [-0.2, 0) is 11.8 Å². The van der Waals surface area contributed by atoms with Gasteiger partial charge >= 0.3 is 0 Å². The van der Waals surface area contributed by atoms with Crippen molar-refractivity contribution >= 4 is 21.8 Å². The van der Waals surface area contributed by atoms with Gasteiger partial charge in [0.1, 0.15) is 5.69 Å². The molecule has 1 aliphatic heterocycles. The maximum absolute atomic E-state index is 12.2. The summed E-state index contributed by atoms with van der Waals surface area (Å²) in [4.78, 5) is 14.0. The van der Waals surface area contributed by atoms with E-state index in [4.69, 9.17) is 4.74 Å². The van der Waals surface area contributed by atoms with Crippen molar-refractivity contribution in [3.63, 3.8) is 0 Å². The van der Waals surface area contributed by atoms with Crippen LogP contribution in [0.15, 0.2) is 16.7 Å². The third-order valence-electron chi connectivity index (χ3n) is 2.96. The number of nitrogens with zero attached hydrogens (tertiary/aromatic N) is 2. The first-order valence-electron chi connectivity index (χ1n) is 5.26. The number of halogens is 1. The summed E-state index contributed by atoms with van der Waals surface area (Å²) in [6, 6.07) is 2.05. The van der Waals surface area contributed by atoms with Crippen molar-refractivity contribution in [2.45, 2.75) is 12.5 Å². The molecule has 1 aromatic rings. The fourth-order valence-corrected chi connectivity index (χ4v) is 2.43. The van der Waals surface area contributed by atoms with Gasteiger partial charge in [0.05, 0.1) is 12.6 Å². The van der Waals surface area contributed by atoms with E-state index >= 15 is 0 Å². The van der Waals surface area contributed by atoms with Crippen LogP contribution in [0.4, 0.5) is 0 Å². The van der Waals surface area contributed by atoms with Gasteiger partial charge in [-0.3, -0.25) is 4.79 Å². The second kappa shape index (κ2) is 4.59. The highest BCUT2D eigenvalue weighted by Gasteiger charge is 2.26. The first kappa shape index (κ1) is 11.7. The number of amides is 1. The van der Waals surface area contributed by atoms with Crippen LogP contribution in [0, 0.1) is 0 Å². The minimum Gasteiger partial charge on any atom is -0.379 e. The Hall–Kier alpha value is -0.810. The third kappa shape index (κ3) is 2.15. The summed E-state index contributed by atoms with van der Waals surface area (Å²) in [6.07, 6.45) is 2.81. The average molecular weight is 287 g/mol. The van der Waals surface area contributed by atoms with Gasteiger partial charge in [-0.2, -0.15) is 0 Å². The van der Waals surface area contributed by atoms with Crippen molar-refractivity contribution in [1.82, 2.24) is 9.47 Å². The van der Waals surface area contributed by atoms with Crippen LogP contribution in [0.2, 0.25) is 0 Å². The summed E-state index contributed by atoms with van der Waals surface area (Å²) in [7, 11) is 3.71.